The van der Waals surface area contributed by atoms with E-state index >= 15 is 0 Å². The van der Waals surface area contributed by atoms with Crippen molar-refractivity contribution in [2.24, 2.45) is 0 Å². The molecule has 2 atom stereocenters. The van der Waals surface area contributed by atoms with Crippen LogP contribution in [0.1, 0.15) is 22.8 Å². The molecule has 2 aromatic rings. The number of amides is 2. The first kappa shape index (κ1) is 22.8. The number of esters is 1. The number of thiophene rings is 1. The highest BCUT2D eigenvalue weighted by molar-refractivity contribution is 7.07. The smallest absolute Gasteiger partial charge is 0.331 e. The number of likely N-dealkylation sites (N-methyl/N-ethyl adjacent to an activating group) is 1. The lowest BCUT2D eigenvalue weighted by Crippen LogP contribution is -2.49. The van der Waals surface area contributed by atoms with E-state index in [2.05, 4.69) is 5.32 Å². The van der Waals surface area contributed by atoms with Crippen molar-refractivity contribution in [3.05, 3.63) is 57.0 Å². The number of halogens is 2. The molecule has 156 valence electrons. The van der Waals surface area contributed by atoms with Crippen LogP contribution in [0.2, 0.25) is 5.02 Å². The topological polar surface area (TPSA) is 95.9 Å². The highest BCUT2D eigenvalue weighted by Gasteiger charge is 2.29. The number of ether oxygens (including phenoxy) is 1. The lowest BCUT2D eigenvalue weighted by molar-refractivity contribution is -0.155. The molecule has 2 rings (SSSR count). The maximum Gasteiger partial charge on any atom is 0.331 e. The van der Waals surface area contributed by atoms with E-state index in [1.165, 1.54) is 29.2 Å². The number of carbonyl (C=O) groups excluding carboxylic acids is 3. The van der Waals surface area contributed by atoms with Crippen molar-refractivity contribution >= 4 is 40.7 Å². The normalized spacial score (nSPS) is 12.7. The molecule has 0 aliphatic heterocycles. The van der Waals surface area contributed by atoms with Gasteiger partial charge in [-0.2, -0.15) is 11.3 Å². The predicted molar refractivity (Wildman–Crippen MR) is 106 cm³/mol. The molecule has 0 unspecified atom stereocenters. The summed E-state index contributed by atoms with van der Waals surface area (Å²) in [7, 11) is 1.56. The molecule has 0 saturated carbocycles. The van der Waals surface area contributed by atoms with Crippen molar-refractivity contribution < 1.29 is 28.6 Å². The Bertz CT molecular complexity index is 875. The zero-order valence-corrected chi connectivity index (χ0v) is 17.3. The summed E-state index contributed by atoms with van der Waals surface area (Å²) < 4.78 is 18.8. The Hall–Kier alpha value is -2.49. The highest BCUT2D eigenvalue weighted by atomic mass is 35.5. The second-order valence-corrected chi connectivity index (χ2v) is 7.52. The van der Waals surface area contributed by atoms with Gasteiger partial charge in [-0.05, 0) is 47.5 Å². The molecule has 1 aromatic heterocycles. The second kappa shape index (κ2) is 10.3. The van der Waals surface area contributed by atoms with Crippen molar-refractivity contribution in [1.82, 2.24) is 10.2 Å². The summed E-state index contributed by atoms with van der Waals surface area (Å²) in [5.74, 6) is -3.27. The summed E-state index contributed by atoms with van der Waals surface area (Å²) in [4.78, 5) is 38.0. The molecule has 0 aliphatic rings. The summed E-state index contributed by atoms with van der Waals surface area (Å²) in [6.07, 6.45) is -1.34. The predicted octanol–water partition coefficient (Wildman–Crippen LogP) is 2.22. The van der Waals surface area contributed by atoms with Gasteiger partial charge in [0.2, 0.25) is 0 Å². The van der Waals surface area contributed by atoms with Gasteiger partial charge in [0, 0.05) is 18.6 Å². The van der Waals surface area contributed by atoms with Crippen LogP contribution in [0, 0.1) is 5.82 Å². The quantitative estimate of drug-likeness (QED) is 0.611. The van der Waals surface area contributed by atoms with Gasteiger partial charge < -0.3 is 20.1 Å². The summed E-state index contributed by atoms with van der Waals surface area (Å²) in [5, 5.41) is 15.9. The zero-order valence-electron chi connectivity index (χ0n) is 15.7. The fourth-order valence-electron chi connectivity index (χ4n) is 2.34. The van der Waals surface area contributed by atoms with Gasteiger partial charge in [-0.3, -0.25) is 9.59 Å². The molecule has 0 bridgehead atoms. The Morgan fingerprint density at radius 1 is 1.34 bits per heavy atom. The lowest BCUT2D eigenvalue weighted by Gasteiger charge is -2.21. The third kappa shape index (κ3) is 6.52. The molecule has 2 N–H and O–H groups in total. The van der Waals surface area contributed by atoms with Crippen LogP contribution in [0.3, 0.4) is 0 Å². The van der Waals surface area contributed by atoms with Crippen molar-refractivity contribution in [1.29, 1.82) is 0 Å². The first-order chi connectivity index (χ1) is 13.7. The number of nitrogens with one attached hydrogen (secondary N) is 1. The molecule has 0 radical (unpaired) electrons. The van der Waals surface area contributed by atoms with E-state index in [0.717, 1.165) is 17.7 Å². The fourth-order valence-corrected chi connectivity index (χ4v) is 3.18. The SMILES string of the molecule is C[C@H](O)[C@H](NC(=O)c1cc(Cl)ccc1F)C(=O)OCC(=O)N(C)Cc1ccsc1. The summed E-state index contributed by atoms with van der Waals surface area (Å²) in [6, 6.07) is 3.76. The van der Waals surface area contributed by atoms with E-state index in [4.69, 9.17) is 16.3 Å². The van der Waals surface area contributed by atoms with Crippen LogP contribution >= 0.6 is 22.9 Å². The number of carbonyl (C=O) groups is 3. The van der Waals surface area contributed by atoms with Crippen LogP contribution in [0.15, 0.2) is 35.0 Å². The van der Waals surface area contributed by atoms with Gasteiger partial charge in [0.25, 0.3) is 11.8 Å². The van der Waals surface area contributed by atoms with Crippen LogP contribution in [-0.4, -0.2) is 53.6 Å². The van der Waals surface area contributed by atoms with Crippen LogP contribution in [0.25, 0.3) is 0 Å². The fraction of sp³-hybridized carbons (Fsp3) is 0.316. The molecule has 0 aliphatic carbocycles. The summed E-state index contributed by atoms with van der Waals surface area (Å²) >= 11 is 7.26. The van der Waals surface area contributed by atoms with Crippen molar-refractivity contribution in [2.75, 3.05) is 13.7 Å². The van der Waals surface area contributed by atoms with Gasteiger partial charge >= 0.3 is 5.97 Å². The molecule has 29 heavy (non-hydrogen) atoms. The van der Waals surface area contributed by atoms with Gasteiger partial charge in [0.05, 0.1) is 11.7 Å². The maximum absolute atomic E-state index is 13.8. The monoisotopic (exact) mass is 442 g/mol. The number of benzene rings is 1. The standard InChI is InChI=1S/C19H20ClFN2O5S/c1-11(24)17(22-18(26)14-7-13(20)3-4-15(14)21)19(27)28-9-16(25)23(2)8-12-5-6-29-10-12/h3-7,10-11,17,24H,8-9H2,1-2H3,(H,22,26)/t11-,17-/m0/s1. The van der Waals surface area contributed by atoms with E-state index in [1.54, 1.807) is 7.05 Å². The molecule has 0 saturated heterocycles. The first-order valence-electron chi connectivity index (χ1n) is 8.54. The van der Waals surface area contributed by atoms with E-state index in [9.17, 15) is 23.9 Å². The van der Waals surface area contributed by atoms with Gasteiger partial charge in [0.1, 0.15) is 5.82 Å². The Balaban J connectivity index is 1.95. The van der Waals surface area contributed by atoms with E-state index in [0.29, 0.717) is 6.54 Å². The number of aliphatic hydroxyl groups is 1. The van der Waals surface area contributed by atoms with Gasteiger partial charge in [-0.1, -0.05) is 11.6 Å². The minimum atomic E-state index is -1.49. The third-order valence-corrected chi connectivity index (χ3v) is 4.93. The van der Waals surface area contributed by atoms with E-state index in [-0.39, 0.29) is 10.6 Å². The lowest BCUT2D eigenvalue weighted by atomic mass is 10.1. The maximum atomic E-state index is 13.8. The van der Waals surface area contributed by atoms with Crippen LogP contribution in [0.5, 0.6) is 0 Å². The first-order valence-corrected chi connectivity index (χ1v) is 9.86. The molecular formula is C19H20ClFN2O5S. The molecule has 0 fully saturated rings. The largest absolute Gasteiger partial charge is 0.454 e. The van der Waals surface area contributed by atoms with Crippen LogP contribution < -0.4 is 5.32 Å². The van der Waals surface area contributed by atoms with Crippen LogP contribution in [0.4, 0.5) is 4.39 Å². The Labute approximate surface area is 176 Å². The van der Waals surface area contributed by atoms with Gasteiger partial charge in [-0.25, -0.2) is 9.18 Å². The van der Waals surface area contributed by atoms with E-state index in [1.807, 2.05) is 16.8 Å². The minimum absolute atomic E-state index is 0.131. The zero-order chi connectivity index (χ0) is 21.6. The number of nitrogens with zero attached hydrogens (tertiary/aromatic N) is 1. The molecule has 10 heteroatoms. The summed E-state index contributed by atoms with van der Waals surface area (Å²) in [5.41, 5.74) is 0.553. The van der Waals surface area contributed by atoms with Crippen molar-refractivity contribution in [2.45, 2.75) is 25.6 Å². The van der Waals surface area contributed by atoms with Crippen LogP contribution in [-0.2, 0) is 20.9 Å². The molecule has 2 amide bonds. The Morgan fingerprint density at radius 3 is 2.69 bits per heavy atom. The number of aliphatic hydroxyl groups excluding tert-OH is 1. The minimum Gasteiger partial charge on any atom is -0.454 e. The van der Waals surface area contributed by atoms with E-state index < -0.39 is 42.4 Å². The average molecular weight is 443 g/mol. The summed E-state index contributed by atoms with van der Waals surface area (Å²) in [6.45, 7) is 1.04. The Morgan fingerprint density at radius 2 is 2.07 bits per heavy atom. The highest BCUT2D eigenvalue weighted by Crippen LogP contribution is 2.15. The van der Waals surface area contributed by atoms with Crippen molar-refractivity contribution in [3.8, 4) is 0 Å². The second-order valence-electron chi connectivity index (χ2n) is 6.31. The van der Waals surface area contributed by atoms with Gasteiger partial charge in [0.15, 0.2) is 12.6 Å². The number of hydrogen-bond donors (Lipinski definition) is 2. The molecule has 7 nitrogen and oxygen atoms in total. The average Bonchev–Trinajstić information content (AvgIpc) is 3.18. The molecule has 1 aromatic carbocycles. The number of rotatable bonds is 8. The van der Waals surface area contributed by atoms with Crippen molar-refractivity contribution in [3.63, 3.8) is 0 Å². The Kier molecular flexibility index (Phi) is 8.12. The molecule has 0 spiro atoms. The molecular weight excluding hydrogens is 423 g/mol. The van der Waals surface area contributed by atoms with Gasteiger partial charge in [-0.15, -0.1) is 0 Å². The number of hydrogen-bond acceptors (Lipinski definition) is 6. The molecule has 1 heterocycles. The third-order valence-electron chi connectivity index (χ3n) is 3.96.